The Hall–Kier alpha value is -1.32. The number of carbonyl (C=O) groups is 1. The minimum Gasteiger partial charge on any atom is -0.393 e. The predicted molar refractivity (Wildman–Crippen MR) is 200 cm³/mol. The average Bonchev–Trinajstić information content (AvgIpc) is 3.06. The molecule has 0 rings (SSSR count). The molecule has 0 heterocycles. The second-order valence-corrected chi connectivity index (χ2v) is 14.4. The molecule has 0 fully saturated rings. The number of amides is 1. The molecule has 10 heteroatoms. The molecule has 0 radical (unpaired) electrons. The summed E-state index contributed by atoms with van der Waals surface area (Å²) in [6.45, 7) is 3.89. The van der Waals surface area contributed by atoms with Crippen LogP contribution >= 0.6 is 7.82 Å². The number of phosphoric acid groups is 1. The molecule has 0 aromatic rings. The molecule has 0 saturated heterocycles. The quantitative estimate of drug-likeness (QED) is 0.0250. The van der Waals surface area contributed by atoms with Crippen LogP contribution in [-0.4, -0.2) is 59.0 Å². The van der Waals surface area contributed by atoms with Gasteiger partial charge >= 0.3 is 7.82 Å². The summed E-state index contributed by atoms with van der Waals surface area (Å²) in [5, 5.41) is 23.8. The Morgan fingerprint density at radius 3 is 1.73 bits per heavy atom. The van der Waals surface area contributed by atoms with E-state index in [1.807, 2.05) is 6.08 Å². The van der Waals surface area contributed by atoms with Crippen molar-refractivity contribution in [3.05, 3.63) is 36.5 Å². The summed E-state index contributed by atoms with van der Waals surface area (Å²) in [5.41, 5.74) is 5.34. The van der Waals surface area contributed by atoms with Crippen molar-refractivity contribution in [1.82, 2.24) is 5.32 Å². The van der Waals surface area contributed by atoms with E-state index in [1.165, 1.54) is 83.5 Å². The number of rotatable bonds is 35. The van der Waals surface area contributed by atoms with Gasteiger partial charge in [0.2, 0.25) is 5.91 Å². The number of nitrogens with two attached hydrogens (primary N) is 1. The van der Waals surface area contributed by atoms with Gasteiger partial charge in [0.25, 0.3) is 0 Å². The molecule has 0 aliphatic heterocycles. The predicted octanol–water partition coefficient (Wildman–Crippen LogP) is 8.97. The average molecular weight is 701 g/mol. The van der Waals surface area contributed by atoms with E-state index >= 15 is 0 Å². The SMILES string of the molecule is CCCCCCCCC/C=C/CC/C=C/CC/C=C/C(O)C(COP(=O)(O)OCCN)NC(=O)CC(O)CCCCCCCCCCC. The number of aliphatic hydroxyl groups excluding tert-OH is 2. The number of nitrogens with one attached hydrogen (secondary N) is 1. The highest BCUT2D eigenvalue weighted by molar-refractivity contribution is 7.47. The molecule has 0 aliphatic rings. The third-order valence-electron chi connectivity index (χ3n) is 8.25. The van der Waals surface area contributed by atoms with Crippen LogP contribution in [0.3, 0.4) is 0 Å². The van der Waals surface area contributed by atoms with Gasteiger partial charge in [-0.15, -0.1) is 0 Å². The van der Waals surface area contributed by atoms with Gasteiger partial charge in [-0.3, -0.25) is 13.8 Å². The number of unbranched alkanes of at least 4 members (excludes halogenated alkanes) is 17. The summed E-state index contributed by atoms with van der Waals surface area (Å²) in [4.78, 5) is 22.6. The van der Waals surface area contributed by atoms with Crippen LogP contribution in [0.15, 0.2) is 36.5 Å². The van der Waals surface area contributed by atoms with Gasteiger partial charge in [0, 0.05) is 6.54 Å². The van der Waals surface area contributed by atoms with Crippen molar-refractivity contribution >= 4 is 13.7 Å². The highest BCUT2D eigenvalue weighted by Crippen LogP contribution is 2.43. The monoisotopic (exact) mass is 701 g/mol. The maximum absolute atomic E-state index is 12.7. The number of hydrogen-bond donors (Lipinski definition) is 5. The minimum absolute atomic E-state index is 0.0424. The summed E-state index contributed by atoms with van der Waals surface area (Å²) in [6, 6.07) is -1.00. The Morgan fingerprint density at radius 2 is 1.19 bits per heavy atom. The zero-order valence-electron chi connectivity index (χ0n) is 30.6. The molecule has 0 aliphatic carbocycles. The van der Waals surface area contributed by atoms with Gasteiger partial charge in [-0.25, -0.2) is 4.57 Å². The number of carbonyl (C=O) groups excluding carboxylic acids is 1. The Balaban J connectivity index is 4.51. The standard InChI is InChI=1S/C38H73N2O7P/c1-3-5-7-9-11-13-14-15-16-17-18-19-20-22-24-26-28-30-37(42)36(34-47-48(44,45)46-32-31-39)40-38(43)33-35(41)29-27-25-23-21-12-10-8-6-4-2/h16-17,20,22,28,30,35-37,41-42H,3-15,18-19,21,23-27,29,31-34,39H2,1-2H3,(H,40,43)(H,44,45)/b17-16+,22-20+,30-28+. The van der Waals surface area contributed by atoms with Crippen LogP contribution in [0.1, 0.15) is 162 Å². The lowest BCUT2D eigenvalue weighted by Gasteiger charge is -2.24. The fourth-order valence-corrected chi connectivity index (χ4v) is 6.08. The first-order valence-electron chi connectivity index (χ1n) is 19.2. The summed E-state index contributed by atoms with van der Waals surface area (Å²) >= 11 is 0. The number of hydrogen-bond acceptors (Lipinski definition) is 7. The zero-order chi connectivity index (χ0) is 35.6. The summed E-state index contributed by atoms with van der Waals surface area (Å²) < 4.78 is 21.9. The summed E-state index contributed by atoms with van der Waals surface area (Å²) in [6.07, 6.45) is 35.2. The van der Waals surface area contributed by atoms with Gasteiger partial charge in [-0.1, -0.05) is 147 Å². The van der Waals surface area contributed by atoms with Gasteiger partial charge in [-0.05, 0) is 44.9 Å². The maximum atomic E-state index is 12.7. The molecular formula is C38H73N2O7P. The van der Waals surface area contributed by atoms with E-state index in [1.54, 1.807) is 6.08 Å². The molecule has 1 amide bonds. The summed E-state index contributed by atoms with van der Waals surface area (Å²) in [7, 11) is -4.40. The lowest BCUT2D eigenvalue weighted by Crippen LogP contribution is -2.46. The van der Waals surface area contributed by atoms with Gasteiger partial charge in [0.15, 0.2) is 0 Å². The van der Waals surface area contributed by atoms with E-state index < -0.39 is 38.6 Å². The van der Waals surface area contributed by atoms with Crippen molar-refractivity contribution in [3.63, 3.8) is 0 Å². The minimum atomic E-state index is -4.40. The smallest absolute Gasteiger partial charge is 0.393 e. The zero-order valence-corrected chi connectivity index (χ0v) is 31.5. The highest BCUT2D eigenvalue weighted by Gasteiger charge is 2.27. The van der Waals surface area contributed by atoms with E-state index in [4.69, 9.17) is 14.8 Å². The molecular weight excluding hydrogens is 627 g/mol. The van der Waals surface area contributed by atoms with Crippen LogP contribution in [0.4, 0.5) is 0 Å². The number of phosphoric ester groups is 1. The molecule has 6 N–H and O–H groups in total. The fraction of sp³-hybridized carbons (Fsp3) is 0.816. The van der Waals surface area contributed by atoms with E-state index in [0.29, 0.717) is 12.8 Å². The largest absolute Gasteiger partial charge is 0.472 e. The molecule has 0 aromatic heterocycles. The Morgan fingerprint density at radius 1 is 0.708 bits per heavy atom. The van der Waals surface area contributed by atoms with Crippen LogP contribution < -0.4 is 11.1 Å². The van der Waals surface area contributed by atoms with Crippen LogP contribution in [0.2, 0.25) is 0 Å². The van der Waals surface area contributed by atoms with Crippen molar-refractivity contribution < 1.29 is 33.5 Å². The van der Waals surface area contributed by atoms with Crippen molar-refractivity contribution in [2.45, 2.75) is 180 Å². The van der Waals surface area contributed by atoms with E-state index in [9.17, 15) is 24.5 Å². The van der Waals surface area contributed by atoms with E-state index in [0.717, 1.165) is 44.9 Å². The van der Waals surface area contributed by atoms with Crippen LogP contribution in [-0.2, 0) is 18.4 Å². The first kappa shape index (κ1) is 46.7. The fourth-order valence-electron chi connectivity index (χ4n) is 5.32. The molecule has 282 valence electrons. The third-order valence-corrected chi connectivity index (χ3v) is 9.24. The van der Waals surface area contributed by atoms with Gasteiger partial charge in [0.1, 0.15) is 0 Å². The molecule has 0 spiro atoms. The maximum Gasteiger partial charge on any atom is 0.472 e. The Labute approximate surface area is 293 Å². The molecule has 9 nitrogen and oxygen atoms in total. The second kappa shape index (κ2) is 34.1. The Bertz CT molecular complexity index is 868. The summed E-state index contributed by atoms with van der Waals surface area (Å²) in [5.74, 6) is -0.463. The highest BCUT2D eigenvalue weighted by atomic mass is 31.2. The molecule has 48 heavy (non-hydrogen) atoms. The molecule has 0 aromatic carbocycles. The van der Waals surface area contributed by atoms with Crippen LogP contribution in [0.5, 0.6) is 0 Å². The second-order valence-electron chi connectivity index (χ2n) is 13.0. The number of allylic oxidation sites excluding steroid dienone is 5. The van der Waals surface area contributed by atoms with Crippen molar-refractivity contribution in [3.8, 4) is 0 Å². The normalized spacial score (nSPS) is 15.4. The van der Waals surface area contributed by atoms with Crippen LogP contribution in [0.25, 0.3) is 0 Å². The first-order valence-corrected chi connectivity index (χ1v) is 20.7. The molecule has 0 saturated carbocycles. The van der Waals surface area contributed by atoms with E-state index in [-0.39, 0.29) is 19.6 Å². The van der Waals surface area contributed by atoms with Crippen molar-refractivity contribution in [2.24, 2.45) is 5.73 Å². The van der Waals surface area contributed by atoms with Gasteiger partial charge in [0.05, 0.1) is 37.9 Å². The molecule has 4 unspecified atom stereocenters. The van der Waals surface area contributed by atoms with Crippen molar-refractivity contribution in [1.29, 1.82) is 0 Å². The molecule has 0 bridgehead atoms. The first-order chi connectivity index (χ1) is 23.3. The van der Waals surface area contributed by atoms with Gasteiger partial charge in [-0.2, -0.15) is 0 Å². The Kier molecular flexibility index (Phi) is 33.2. The third kappa shape index (κ3) is 31.9. The lowest BCUT2D eigenvalue weighted by atomic mass is 10.0. The molecule has 4 atom stereocenters. The topological polar surface area (TPSA) is 151 Å². The van der Waals surface area contributed by atoms with Crippen LogP contribution in [0, 0.1) is 0 Å². The number of aliphatic hydroxyl groups is 2. The van der Waals surface area contributed by atoms with E-state index in [2.05, 4.69) is 43.5 Å². The van der Waals surface area contributed by atoms with Gasteiger partial charge < -0.3 is 26.2 Å². The van der Waals surface area contributed by atoms with Crippen molar-refractivity contribution in [2.75, 3.05) is 19.8 Å². The lowest BCUT2D eigenvalue weighted by molar-refractivity contribution is -0.124.